The molecular weight excluding hydrogens is 328 g/mol. The largest absolute Gasteiger partial charge is 0.282 e. The molecule has 0 bridgehead atoms. The average molecular weight is 342 g/mol. The summed E-state index contributed by atoms with van der Waals surface area (Å²) < 4.78 is 69.8. The Hall–Kier alpha value is -1.17. The van der Waals surface area contributed by atoms with E-state index in [1.54, 1.807) is 0 Å². The predicted molar refractivity (Wildman–Crippen MR) is 74.8 cm³/mol. The summed E-state index contributed by atoms with van der Waals surface area (Å²) in [5.74, 6) is 0. The highest BCUT2D eigenvalue weighted by Gasteiger charge is 2.20. The molecule has 8 nitrogen and oxygen atoms in total. The fraction of sp³-hybridized carbons (Fsp3) is 0.333. The van der Waals surface area contributed by atoms with Crippen molar-refractivity contribution in [3.05, 3.63) is 23.8 Å². The number of nitrogens with two attached hydrogens (primary N) is 1. The highest BCUT2D eigenvalue weighted by molar-refractivity contribution is 8.08. The topological polar surface area (TPSA) is 140 Å². The summed E-state index contributed by atoms with van der Waals surface area (Å²) in [5, 5.41) is 3.84. The second-order valence-electron chi connectivity index (χ2n) is 4.28. The van der Waals surface area contributed by atoms with Crippen LogP contribution in [-0.4, -0.2) is 36.6 Å². The van der Waals surface area contributed by atoms with E-state index in [1.165, 1.54) is 19.1 Å². The first kappa shape index (κ1) is 16.9. The Morgan fingerprint density at radius 2 is 1.65 bits per heavy atom. The van der Waals surface area contributed by atoms with E-state index in [4.69, 9.17) is 5.14 Å². The molecule has 0 atom stereocenters. The number of benzene rings is 1. The predicted octanol–water partition coefficient (Wildman–Crippen LogP) is -0.614. The maximum Gasteiger partial charge on any atom is 0.247 e. The van der Waals surface area contributed by atoms with Gasteiger partial charge in [0.05, 0.1) is 10.6 Å². The van der Waals surface area contributed by atoms with E-state index in [-0.39, 0.29) is 10.6 Å². The van der Waals surface area contributed by atoms with Crippen LogP contribution in [0.1, 0.15) is 5.56 Å². The second-order valence-corrected chi connectivity index (χ2v) is 10.1. The zero-order valence-corrected chi connectivity index (χ0v) is 13.1. The number of rotatable bonds is 5. The Kier molecular flexibility index (Phi) is 4.49. The Bertz CT molecular complexity index is 824. The molecule has 1 aromatic carbocycles. The number of primary sulfonamides is 1. The van der Waals surface area contributed by atoms with Gasteiger partial charge < -0.3 is 0 Å². The second kappa shape index (κ2) is 5.31. The molecule has 3 N–H and O–H groups in total. The molecule has 0 heterocycles. The summed E-state index contributed by atoms with van der Waals surface area (Å²) >= 11 is 0. The standard InChI is InChI=1S/C9H14N2O6S3/c1-7-3-4-8(20(10,16)17)5-9(7)11-19(14,15)6-18(2,12)13/h3-5,11H,6H2,1-2H3,(H2,10,16,17). The van der Waals surface area contributed by atoms with Crippen LogP contribution < -0.4 is 9.86 Å². The molecule has 0 amide bonds. The van der Waals surface area contributed by atoms with Gasteiger partial charge >= 0.3 is 0 Å². The van der Waals surface area contributed by atoms with Gasteiger partial charge in [0.15, 0.2) is 14.9 Å². The first-order valence-electron chi connectivity index (χ1n) is 5.12. The number of sulfone groups is 1. The Morgan fingerprint density at radius 3 is 2.10 bits per heavy atom. The number of hydrogen-bond acceptors (Lipinski definition) is 6. The first-order valence-corrected chi connectivity index (χ1v) is 10.4. The van der Waals surface area contributed by atoms with Crippen molar-refractivity contribution >= 4 is 35.6 Å². The monoisotopic (exact) mass is 342 g/mol. The maximum absolute atomic E-state index is 11.7. The van der Waals surface area contributed by atoms with Crippen molar-refractivity contribution in [1.82, 2.24) is 0 Å². The van der Waals surface area contributed by atoms with E-state index in [2.05, 4.69) is 0 Å². The van der Waals surface area contributed by atoms with Crippen LogP contribution in [0.2, 0.25) is 0 Å². The molecule has 114 valence electrons. The molecule has 0 spiro atoms. The lowest BCUT2D eigenvalue weighted by molar-refractivity contribution is 0.592. The van der Waals surface area contributed by atoms with Crippen molar-refractivity contribution in [3.63, 3.8) is 0 Å². The number of hydrogen-bond donors (Lipinski definition) is 2. The van der Waals surface area contributed by atoms with Crippen LogP contribution in [0, 0.1) is 6.92 Å². The van der Waals surface area contributed by atoms with Crippen LogP contribution >= 0.6 is 0 Å². The van der Waals surface area contributed by atoms with E-state index in [9.17, 15) is 25.3 Å². The summed E-state index contributed by atoms with van der Waals surface area (Å²) in [6.07, 6.45) is 0.778. The van der Waals surface area contributed by atoms with Crippen LogP contribution in [0.5, 0.6) is 0 Å². The first-order chi connectivity index (χ1) is 8.80. The van der Waals surface area contributed by atoms with Crippen molar-refractivity contribution in [3.8, 4) is 0 Å². The molecule has 0 aromatic heterocycles. The van der Waals surface area contributed by atoms with E-state index in [0.29, 0.717) is 5.56 Å². The van der Waals surface area contributed by atoms with Crippen molar-refractivity contribution in [2.45, 2.75) is 11.8 Å². The Morgan fingerprint density at radius 1 is 1.10 bits per heavy atom. The Labute approximate surface area is 118 Å². The number of sulfonamides is 2. The molecule has 0 saturated heterocycles. The number of anilines is 1. The van der Waals surface area contributed by atoms with Gasteiger partial charge in [-0.15, -0.1) is 0 Å². The van der Waals surface area contributed by atoms with Crippen LogP contribution in [0.4, 0.5) is 5.69 Å². The quantitative estimate of drug-likeness (QED) is 0.731. The summed E-state index contributed by atoms with van der Waals surface area (Å²) in [5.41, 5.74) is 0.384. The minimum atomic E-state index is -4.15. The zero-order chi connectivity index (χ0) is 15.8. The molecule has 0 aliphatic heterocycles. The molecule has 0 radical (unpaired) electrons. The van der Waals surface area contributed by atoms with Gasteiger partial charge in [0.2, 0.25) is 20.0 Å². The van der Waals surface area contributed by atoms with Crippen LogP contribution in [-0.2, 0) is 29.9 Å². The maximum atomic E-state index is 11.7. The van der Waals surface area contributed by atoms with Crippen LogP contribution in [0.3, 0.4) is 0 Å². The minimum Gasteiger partial charge on any atom is -0.282 e. The molecular formula is C9H14N2O6S3. The van der Waals surface area contributed by atoms with Crippen LogP contribution in [0.15, 0.2) is 23.1 Å². The zero-order valence-electron chi connectivity index (χ0n) is 10.7. The summed E-state index contributed by atoms with van der Waals surface area (Å²) in [4.78, 5) is -0.278. The molecule has 0 saturated carbocycles. The third-order valence-electron chi connectivity index (χ3n) is 2.17. The molecule has 0 fully saturated rings. The van der Waals surface area contributed by atoms with E-state index in [0.717, 1.165) is 12.3 Å². The number of aryl methyl sites for hydroxylation is 1. The molecule has 11 heteroatoms. The van der Waals surface area contributed by atoms with Crippen molar-refractivity contribution in [2.24, 2.45) is 5.14 Å². The van der Waals surface area contributed by atoms with E-state index >= 15 is 0 Å². The smallest absolute Gasteiger partial charge is 0.247 e. The summed E-state index contributed by atoms with van der Waals surface area (Å²) in [6, 6.07) is 3.61. The van der Waals surface area contributed by atoms with Crippen molar-refractivity contribution in [2.75, 3.05) is 16.1 Å². The van der Waals surface area contributed by atoms with Gasteiger partial charge in [-0.3, -0.25) is 4.72 Å². The normalized spacial score (nSPS) is 13.2. The van der Waals surface area contributed by atoms with E-state index < -0.39 is 35.0 Å². The molecule has 0 unspecified atom stereocenters. The summed E-state index contributed by atoms with van der Waals surface area (Å²) in [6.45, 7) is 1.53. The van der Waals surface area contributed by atoms with Gasteiger partial charge in [-0.05, 0) is 24.6 Å². The Balaban J connectivity index is 3.22. The molecule has 1 rings (SSSR count). The van der Waals surface area contributed by atoms with Gasteiger partial charge in [-0.2, -0.15) is 0 Å². The third kappa shape index (κ3) is 5.07. The molecule has 0 aliphatic carbocycles. The fourth-order valence-corrected chi connectivity index (χ4v) is 4.95. The third-order valence-corrected chi connectivity index (χ3v) is 6.57. The van der Waals surface area contributed by atoms with Gasteiger partial charge in [0.1, 0.15) is 0 Å². The van der Waals surface area contributed by atoms with Crippen molar-refractivity contribution < 1.29 is 25.3 Å². The highest BCUT2D eigenvalue weighted by Crippen LogP contribution is 2.20. The average Bonchev–Trinajstić information content (AvgIpc) is 2.15. The lowest BCUT2D eigenvalue weighted by atomic mass is 10.2. The van der Waals surface area contributed by atoms with Gasteiger partial charge in [0, 0.05) is 6.26 Å². The highest BCUT2D eigenvalue weighted by atomic mass is 32.3. The molecule has 20 heavy (non-hydrogen) atoms. The SMILES string of the molecule is Cc1ccc(S(N)(=O)=O)cc1NS(=O)(=O)CS(C)(=O)=O. The van der Waals surface area contributed by atoms with Crippen LogP contribution in [0.25, 0.3) is 0 Å². The lowest BCUT2D eigenvalue weighted by Gasteiger charge is -2.11. The lowest BCUT2D eigenvalue weighted by Crippen LogP contribution is -2.23. The molecule has 1 aromatic rings. The van der Waals surface area contributed by atoms with Gasteiger partial charge in [-0.1, -0.05) is 6.07 Å². The van der Waals surface area contributed by atoms with Crippen molar-refractivity contribution in [1.29, 1.82) is 0 Å². The van der Waals surface area contributed by atoms with Gasteiger partial charge in [0.25, 0.3) is 0 Å². The van der Waals surface area contributed by atoms with E-state index in [1.807, 2.05) is 4.72 Å². The van der Waals surface area contributed by atoms with Gasteiger partial charge in [-0.25, -0.2) is 30.4 Å². The fourth-order valence-electron chi connectivity index (χ4n) is 1.37. The molecule has 0 aliphatic rings. The number of nitrogens with one attached hydrogen (secondary N) is 1. The minimum absolute atomic E-state index is 0.0415. The summed E-state index contributed by atoms with van der Waals surface area (Å²) in [7, 11) is -11.9.